The molecule has 0 bridgehead atoms. The highest BCUT2D eigenvalue weighted by Crippen LogP contribution is 2.28. The van der Waals surface area contributed by atoms with E-state index in [1.54, 1.807) is 34.6 Å². The van der Waals surface area contributed by atoms with Crippen LogP contribution in [0.15, 0.2) is 0 Å². The van der Waals surface area contributed by atoms with E-state index in [2.05, 4.69) is 10.0 Å². The molecule has 1 rings (SSSR count). The van der Waals surface area contributed by atoms with Gasteiger partial charge in [-0.05, 0) is 53.4 Å². The zero-order chi connectivity index (χ0) is 20.7. The van der Waals surface area contributed by atoms with Gasteiger partial charge >= 0.3 is 6.09 Å². The number of carbonyl (C=O) groups is 1. The summed E-state index contributed by atoms with van der Waals surface area (Å²) >= 11 is 0. The SMILES string of the molecule is CC(C)S(=O)(=O)NCC[C@H](O)[C@H](CC1CCCCC1)NC(=O)OC(C)(C)C. The van der Waals surface area contributed by atoms with Gasteiger partial charge in [0, 0.05) is 6.54 Å². The summed E-state index contributed by atoms with van der Waals surface area (Å²) < 4.78 is 31.5. The molecule has 1 aliphatic rings. The summed E-state index contributed by atoms with van der Waals surface area (Å²) in [5, 5.41) is 12.9. The van der Waals surface area contributed by atoms with Crippen molar-refractivity contribution in [2.24, 2.45) is 5.92 Å². The predicted molar refractivity (Wildman–Crippen MR) is 107 cm³/mol. The Bertz CT molecular complexity index is 551. The number of ether oxygens (including phenoxy) is 1. The minimum absolute atomic E-state index is 0.138. The van der Waals surface area contributed by atoms with Gasteiger partial charge in [0.2, 0.25) is 10.0 Å². The Kier molecular flexibility index (Phi) is 9.51. The van der Waals surface area contributed by atoms with Gasteiger partial charge in [-0.3, -0.25) is 0 Å². The Hall–Kier alpha value is -0.860. The average molecular weight is 407 g/mol. The highest BCUT2D eigenvalue weighted by Gasteiger charge is 2.28. The fourth-order valence-corrected chi connectivity index (χ4v) is 4.01. The van der Waals surface area contributed by atoms with E-state index < -0.39 is 39.1 Å². The third-order valence-corrected chi connectivity index (χ3v) is 6.69. The molecule has 3 N–H and O–H groups in total. The van der Waals surface area contributed by atoms with E-state index in [9.17, 15) is 18.3 Å². The number of amides is 1. The van der Waals surface area contributed by atoms with Crippen LogP contribution in [0.1, 0.15) is 79.6 Å². The van der Waals surface area contributed by atoms with E-state index in [-0.39, 0.29) is 13.0 Å². The van der Waals surface area contributed by atoms with E-state index in [1.807, 2.05) is 0 Å². The second-order valence-corrected chi connectivity index (χ2v) is 11.2. The lowest BCUT2D eigenvalue weighted by Gasteiger charge is -2.31. The van der Waals surface area contributed by atoms with Gasteiger partial charge in [-0.15, -0.1) is 0 Å². The molecule has 8 heteroatoms. The van der Waals surface area contributed by atoms with Crippen LogP contribution in [0.2, 0.25) is 0 Å². The molecule has 0 spiro atoms. The molecule has 0 aromatic rings. The Morgan fingerprint density at radius 1 is 1.19 bits per heavy atom. The standard InChI is InChI=1S/C19H38N2O5S/c1-14(2)27(24,25)20-12-11-17(22)16(13-15-9-7-6-8-10-15)21-18(23)26-19(3,4)5/h14-17,20,22H,6-13H2,1-5H3,(H,21,23)/t16-,17-/m0/s1. The summed E-state index contributed by atoms with van der Waals surface area (Å²) in [7, 11) is -3.37. The van der Waals surface area contributed by atoms with Crippen LogP contribution in [0.5, 0.6) is 0 Å². The molecule has 2 atom stereocenters. The number of carbonyl (C=O) groups excluding carboxylic acids is 1. The fraction of sp³-hybridized carbons (Fsp3) is 0.947. The Morgan fingerprint density at radius 3 is 2.30 bits per heavy atom. The molecule has 0 radical (unpaired) electrons. The van der Waals surface area contributed by atoms with Gasteiger partial charge in [-0.2, -0.15) is 0 Å². The number of aliphatic hydroxyl groups is 1. The van der Waals surface area contributed by atoms with Gasteiger partial charge in [0.15, 0.2) is 0 Å². The second kappa shape index (κ2) is 10.6. The molecule has 27 heavy (non-hydrogen) atoms. The average Bonchev–Trinajstić information content (AvgIpc) is 2.53. The zero-order valence-electron chi connectivity index (χ0n) is 17.5. The smallest absolute Gasteiger partial charge is 0.407 e. The van der Waals surface area contributed by atoms with E-state index in [4.69, 9.17) is 4.74 Å². The fourth-order valence-electron chi connectivity index (χ4n) is 3.27. The van der Waals surface area contributed by atoms with Gasteiger partial charge in [-0.25, -0.2) is 17.9 Å². The zero-order valence-corrected chi connectivity index (χ0v) is 18.3. The third kappa shape index (κ3) is 9.76. The van der Waals surface area contributed by atoms with Crippen LogP contribution in [0.4, 0.5) is 4.79 Å². The van der Waals surface area contributed by atoms with Crippen molar-refractivity contribution in [2.45, 2.75) is 103 Å². The molecule has 0 heterocycles. The minimum Gasteiger partial charge on any atom is -0.444 e. The molecule has 0 saturated heterocycles. The van der Waals surface area contributed by atoms with Crippen molar-refractivity contribution in [1.82, 2.24) is 10.0 Å². The topological polar surface area (TPSA) is 105 Å². The largest absolute Gasteiger partial charge is 0.444 e. The number of aliphatic hydroxyl groups excluding tert-OH is 1. The molecule has 7 nitrogen and oxygen atoms in total. The summed E-state index contributed by atoms with van der Waals surface area (Å²) in [4.78, 5) is 12.2. The number of hydrogen-bond acceptors (Lipinski definition) is 5. The second-order valence-electron chi connectivity index (χ2n) is 8.84. The van der Waals surface area contributed by atoms with Gasteiger partial charge in [-0.1, -0.05) is 32.1 Å². The number of hydrogen-bond donors (Lipinski definition) is 3. The van der Waals surface area contributed by atoms with E-state index >= 15 is 0 Å². The van der Waals surface area contributed by atoms with Crippen LogP contribution in [0.25, 0.3) is 0 Å². The number of nitrogens with one attached hydrogen (secondary N) is 2. The Labute approximate surface area is 164 Å². The third-order valence-electron chi connectivity index (χ3n) is 4.84. The van der Waals surface area contributed by atoms with Crippen molar-refractivity contribution in [3.63, 3.8) is 0 Å². The summed E-state index contributed by atoms with van der Waals surface area (Å²) in [6.07, 6.45) is 5.30. The molecule has 1 aliphatic carbocycles. The molecule has 0 aliphatic heterocycles. The van der Waals surface area contributed by atoms with Crippen molar-refractivity contribution in [3.8, 4) is 0 Å². The Balaban J connectivity index is 2.65. The molecule has 0 unspecified atom stereocenters. The first-order valence-electron chi connectivity index (χ1n) is 10.1. The lowest BCUT2D eigenvalue weighted by Crippen LogP contribution is -2.47. The molecular formula is C19H38N2O5S. The van der Waals surface area contributed by atoms with E-state index in [0.717, 1.165) is 12.8 Å². The van der Waals surface area contributed by atoms with Gasteiger partial charge in [0.25, 0.3) is 0 Å². The molecule has 1 saturated carbocycles. The summed E-state index contributed by atoms with van der Waals surface area (Å²) in [5.74, 6) is 0.459. The van der Waals surface area contributed by atoms with Crippen LogP contribution in [-0.4, -0.2) is 49.2 Å². The summed E-state index contributed by atoms with van der Waals surface area (Å²) in [6.45, 7) is 8.72. The number of sulfonamides is 1. The van der Waals surface area contributed by atoms with Crippen LogP contribution >= 0.6 is 0 Å². The minimum atomic E-state index is -3.37. The lowest BCUT2D eigenvalue weighted by atomic mass is 9.83. The quantitative estimate of drug-likeness (QED) is 0.546. The highest BCUT2D eigenvalue weighted by atomic mass is 32.2. The maximum atomic E-state index is 12.2. The van der Waals surface area contributed by atoms with Crippen molar-refractivity contribution in [3.05, 3.63) is 0 Å². The van der Waals surface area contributed by atoms with Crippen LogP contribution in [0, 0.1) is 5.92 Å². The molecule has 0 aromatic carbocycles. The molecule has 1 amide bonds. The normalized spacial score (nSPS) is 18.9. The van der Waals surface area contributed by atoms with Gasteiger partial charge < -0.3 is 15.2 Å². The van der Waals surface area contributed by atoms with Crippen molar-refractivity contribution < 1.29 is 23.1 Å². The van der Waals surface area contributed by atoms with E-state index in [1.165, 1.54) is 19.3 Å². The molecule has 160 valence electrons. The molecule has 1 fully saturated rings. The van der Waals surface area contributed by atoms with Gasteiger partial charge in [0.05, 0.1) is 17.4 Å². The highest BCUT2D eigenvalue weighted by molar-refractivity contribution is 7.90. The maximum absolute atomic E-state index is 12.2. The van der Waals surface area contributed by atoms with Crippen LogP contribution < -0.4 is 10.0 Å². The van der Waals surface area contributed by atoms with Crippen LogP contribution in [-0.2, 0) is 14.8 Å². The first-order chi connectivity index (χ1) is 12.4. The van der Waals surface area contributed by atoms with E-state index in [0.29, 0.717) is 12.3 Å². The Morgan fingerprint density at radius 2 is 1.78 bits per heavy atom. The first kappa shape index (κ1) is 24.2. The van der Waals surface area contributed by atoms with Crippen molar-refractivity contribution >= 4 is 16.1 Å². The summed E-state index contributed by atoms with van der Waals surface area (Å²) in [5.41, 5.74) is -0.614. The lowest BCUT2D eigenvalue weighted by molar-refractivity contribution is 0.0382. The molecule has 0 aromatic heterocycles. The number of alkyl carbamates (subject to hydrolysis) is 1. The maximum Gasteiger partial charge on any atom is 0.407 e. The van der Waals surface area contributed by atoms with Crippen molar-refractivity contribution in [2.75, 3.05) is 6.54 Å². The van der Waals surface area contributed by atoms with Gasteiger partial charge in [0.1, 0.15) is 5.60 Å². The summed E-state index contributed by atoms with van der Waals surface area (Å²) in [6, 6.07) is -0.452. The van der Waals surface area contributed by atoms with Crippen molar-refractivity contribution in [1.29, 1.82) is 0 Å². The number of rotatable bonds is 9. The van der Waals surface area contributed by atoms with Crippen LogP contribution in [0.3, 0.4) is 0 Å². The monoisotopic (exact) mass is 406 g/mol. The first-order valence-corrected chi connectivity index (χ1v) is 11.6. The predicted octanol–water partition coefficient (Wildman–Crippen LogP) is 2.93. The molecular weight excluding hydrogens is 368 g/mol.